The first-order valence-corrected chi connectivity index (χ1v) is 10.6. The van der Waals surface area contributed by atoms with Gasteiger partial charge in [0.25, 0.3) is 11.7 Å². The Hall–Kier alpha value is -3.35. The van der Waals surface area contributed by atoms with E-state index >= 15 is 0 Å². The van der Waals surface area contributed by atoms with Crippen molar-refractivity contribution < 1.29 is 19.4 Å². The van der Waals surface area contributed by atoms with Gasteiger partial charge in [0, 0.05) is 22.5 Å². The number of carbonyl (C=O) groups is 2. The summed E-state index contributed by atoms with van der Waals surface area (Å²) in [7, 11) is 0. The van der Waals surface area contributed by atoms with Crippen LogP contribution in [0.3, 0.4) is 0 Å². The molecule has 1 aromatic heterocycles. The summed E-state index contributed by atoms with van der Waals surface area (Å²) < 4.78 is 5.50. The fraction of sp³-hybridized carbons (Fsp3) is 0.125. The molecule has 0 aliphatic carbocycles. The van der Waals surface area contributed by atoms with Gasteiger partial charge in [-0.25, -0.2) is 0 Å². The summed E-state index contributed by atoms with van der Waals surface area (Å²) in [4.78, 5) is 31.8. The summed E-state index contributed by atoms with van der Waals surface area (Å²) in [5.41, 5.74) is 1.11. The maximum Gasteiger partial charge on any atom is 0.300 e. The van der Waals surface area contributed by atoms with Crippen molar-refractivity contribution in [2.24, 2.45) is 0 Å². The number of anilines is 1. The molecule has 1 saturated heterocycles. The normalized spacial score (nSPS) is 17.6. The molecule has 8 heteroatoms. The number of aromatic nitrogens is 1. The molecule has 1 aliphatic rings. The SMILES string of the molecule is CCOc1cc(/C(O)=C2/C(=O)C(=O)N(c3ccc(Cl)cc3)C2c2ccccn2)ccc1Cl. The first-order valence-electron chi connectivity index (χ1n) is 9.82. The third-order valence-electron chi connectivity index (χ3n) is 5.02. The van der Waals surface area contributed by atoms with Crippen molar-refractivity contribution in [2.75, 3.05) is 11.5 Å². The second kappa shape index (κ2) is 9.02. The van der Waals surface area contributed by atoms with E-state index in [0.29, 0.717) is 39.3 Å². The van der Waals surface area contributed by atoms with Crippen molar-refractivity contribution in [3.05, 3.63) is 93.7 Å². The van der Waals surface area contributed by atoms with E-state index < -0.39 is 17.7 Å². The average Bonchev–Trinajstić information content (AvgIpc) is 3.07. The number of hydrogen-bond acceptors (Lipinski definition) is 5. The summed E-state index contributed by atoms with van der Waals surface area (Å²) in [6.07, 6.45) is 1.56. The number of nitrogens with zero attached hydrogens (tertiary/aromatic N) is 2. The highest BCUT2D eigenvalue weighted by Crippen LogP contribution is 2.42. The number of ether oxygens (including phenoxy) is 1. The first kappa shape index (κ1) is 21.9. The molecule has 0 saturated carbocycles. The minimum atomic E-state index is -0.927. The summed E-state index contributed by atoms with van der Waals surface area (Å²) in [5, 5.41) is 12.0. The molecular weight excluding hydrogens is 451 g/mol. The number of pyridine rings is 1. The van der Waals surface area contributed by atoms with Gasteiger partial charge in [0.15, 0.2) is 0 Å². The van der Waals surface area contributed by atoms with Crippen molar-refractivity contribution in [3.63, 3.8) is 0 Å². The lowest BCUT2D eigenvalue weighted by atomic mass is 9.98. The highest BCUT2D eigenvalue weighted by Gasteiger charge is 2.47. The van der Waals surface area contributed by atoms with E-state index in [1.807, 2.05) is 6.92 Å². The fourth-order valence-electron chi connectivity index (χ4n) is 3.59. The molecule has 2 heterocycles. The quantitative estimate of drug-likeness (QED) is 0.307. The molecule has 1 amide bonds. The Morgan fingerprint density at radius 1 is 1.09 bits per heavy atom. The van der Waals surface area contributed by atoms with Crippen molar-refractivity contribution in [1.29, 1.82) is 0 Å². The van der Waals surface area contributed by atoms with Crippen molar-refractivity contribution in [3.8, 4) is 5.75 Å². The van der Waals surface area contributed by atoms with Crippen LogP contribution in [0, 0.1) is 0 Å². The predicted molar refractivity (Wildman–Crippen MR) is 123 cm³/mol. The molecule has 4 rings (SSSR count). The van der Waals surface area contributed by atoms with Crippen LogP contribution in [0.25, 0.3) is 5.76 Å². The number of rotatable bonds is 5. The van der Waals surface area contributed by atoms with Gasteiger partial charge in [0.1, 0.15) is 17.6 Å². The Morgan fingerprint density at radius 2 is 1.84 bits per heavy atom. The maximum absolute atomic E-state index is 13.1. The van der Waals surface area contributed by atoms with E-state index in [0.717, 1.165) is 0 Å². The van der Waals surface area contributed by atoms with Crippen LogP contribution >= 0.6 is 23.2 Å². The zero-order valence-corrected chi connectivity index (χ0v) is 18.5. The molecule has 2 aromatic carbocycles. The summed E-state index contributed by atoms with van der Waals surface area (Å²) in [6.45, 7) is 2.18. The van der Waals surface area contributed by atoms with E-state index in [9.17, 15) is 14.7 Å². The lowest BCUT2D eigenvalue weighted by Gasteiger charge is -2.24. The molecule has 1 fully saturated rings. The van der Waals surface area contributed by atoms with Gasteiger partial charge >= 0.3 is 0 Å². The number of halogens is 2. The highest BCUT2D eigenvalue weighted by molar-refractivity contribution is 6.51. The molecule has 1 atom stereocenters. The third kappa shape index (κ3) is 3.95. The van der Waals surface area contributed by atoms with Crippen LogP contribution in [0.2, 0.25) is 10.0 Å². The second-order valence-electron chi connectivity index (χ2n) is 6.98. The number of Topliss-reactive ketones (excluding diaryl/α,β-unsaturated/α-hetero) is 1. The molecule has 1 unspecified atom stereocenters. The van der Waals surface area contributed by atoms with Gasteiger partial charge in [-0.2, -0.15) is 0 Å². The smallest absolute Gasteiger partial charge is 0.300 e. The Labute approximate surface area is 194 Å². The van der Waals surface area contributed by atoms with Gasteiger partial charge in [0.2, 0.25) is 0 Å². The number of ketones is 1. The van der Waals surface area contributed by atoms with Gasteiger partial charge in [-0.1, -0.05) is 29.3 Å². The molecule has 1 N–H and O–H groups in total. The molecule has 6 nitrogen and oxygen atoms in total. The number of hydrogen-bond donors (Lipinski definition) is 1. The van der Waals surface area contributed by atoms with Crippen LogP contribution < -0.4 is 9.64 Å². The van der Waals surface area contributed by atoms with Crippen LogP contribution in [0.1, 0.15) is 24.2 Å². The molecule has 162 valence electrons. The fourth-order valence-corrected chi connectivity index (χ4v) is 3.89. The molecule has 1 aliphatic heterocycles. The Bertz CT molecular complexity index is 1210. The van der Waals surface area contributed by atoms with Gasteiger partial charge in [-0.05, 0) is 61.5 Å². The Kier molecular flexibility index (Phi) is 6.17. The predicted octanol–water partition coefficient (Wildman–Crippen LogP) is 5.41. The zero-order valence-electron chi connectivity index (χ0n) is 17.0. The second-order valence-corrected chi connectivity index (χ2v) is 7.82. The molecule has 0 bridgehead atoms. The Morgan fingerprint density at radius 3 is 2.50 bits per heavy atom. The minimum Gasteiger partial charge on any atom is -0.507 e. The highest BCUT2D eigenvalue weighted by atomic mass is 35.5. The van der Waals surface area contributed by atoms with E-state index in [-0.39, 0.29) is 11.3 Å². The van der Waals surface area contributed by atoms with E-state index in [4.69, 9.17) is 27.9 Å². The lowest BCUT2D eigenvalue weighted by molar-refractivity contribution is -0.132. The number of benzene rings is 2. The number of amides is 1. The van der Waals surface area contributed by atoms with Crippen LogP contribution in [0.4, 0.5) is 5.69 Å². The van der Waals surface area contributed by atoms with Crippen molar-refractivity contribution in [1.82, 2.24) is 4.98 Å². The zero-order chi connectivity index (χ0) is 22.8. The Balaban J connectivity index is 1.91. The largest absolute Gasteiger partial charge is 0.507 e. The summed E-state index contributed by atoms with van der Waals surface area (Å²) in [5.74, 6) is -1.57. The molecule has 32 heavy (non-hydrogen) atoms. The molecule has 0 spiro atoms. The summed E-state index contributed by atoms with van der Waals surface area (Å²) in [6, 6.07) is 15.4. The number of aliphatic hydroxyl groups is 1. The third-order valence-corrected chi connectivity index (χ3v) is 5.59. The van der Waals surface area contributed by atoms with E-state index in [2.05, 4.69) is 4.98 Å². The van der Waals surface area contributed by atoms with Gasteiger partial charge in [0.05, 0.1) is 22.9 Å². The monoisotopic (exact) mass is 468 g/mol. The number of carbonyl (C=O) groups excluding carboxylic acids is 2. The van der Waals surface area contributed by atoms with Gasteiger partial charge < -0.3 is 9.84 Å². The topological polar surface area (TPSA) is 79.7 Å². The first-order chi connectivity index (χ1) is 15.4. The van der Waals surface area contributed by atoms with E-state index in [1.54, 1.807) is 60.8 Å². The van der Waals surface area contributed by atoms with Gasteiger partial charge in [-0.3, -0.25) is 19.5 Å². The average molecular weight is 469 g/mol. The minimum absolute atomic E-state index is 0.0755. The molecular formula is C24H18Cl2N2O4. The molecule has 0 radical (unpaired) electrons. The lowest BCUT2D eigenvalue weighted by Crippen LogP contribution is -2.29. The van der Waals surface area contributed by atoms with Crippen molar-refractivity contribution in [2.45, 2.75) is 13.0 Å². The van der Waals surface area contributed by atoms with Crippen LogP contribution in [-0.4, -0.2) is 28.4 Å². The standard InChI is InChI=1S/C24H18Cl2N2O4/c1-2-32-19-13-14(6-11-17(19)26)22(29)20-21(18-5-3-4-12-27-18)28(24(31)23(20)30)16-9-7-15(25)8-10-16/h3-13,21,29H,2H2,1H3/b22-20-. The van der Waals surface area contributed by atoms with Crippen LogP contribution in [-0.2, 0) is 9.59 Å². The van der Waals surface area contributed by atoms with Crippen LogP contribution in [0.5, 0.6) is 5.75 Å². The van der Waals surface area contributed by atoms with Crippen LogP contribution in [0.15, 0.2) is 72.4 Å². The van der Waals surface area contributed by atoms with Crippen molar-refractivity contribution >= 4 is 46.3 Å². The number of aliphatic hydroxyl groups excluding tert-OH is 1. The maximum atomic E-state index is 13.1. The van der Waals surface area contributed by atoms with Gasteiger partial charge in [-0.15, -0.1) is 0 Å². The summed E-state index contributed by atoms with van der Waals surface area (Å²) >= 11 is 12.2. The van der Waals surface area contributed by atoms with E-state index in [1.165, 1.54) is 11.0 Å². The molecule has 3 aromatic rings.